The van der Waals surface area contributed by atoms with Gasteiger partial charge in [-0.1, -0.05) is 11.6 Å². The molecular weight excluding hydrogens is 204 g/mol. The monoisotopic (exact) mass is 210 g/mol. The van der Waals surface area contributed by atoms with E-state index in [1.165, 1.54) is 6.39 Å². The Labute approximate surface area is 85.5 Å². The molecule has 0 amide bonds. The molecule has 1 aromatic heterocycles. The first kappa shape index (κ1) is 9.02. The molecule has 0 fully saturated rings. The van der Waals surface area contributed by atoms with Gasteiger partial charge in [0, 0.05) is 5.02 Å². The van der Waals surface area contributed by atoms with E-state index < -0.39 is 0 Å². The minimum absolute atomic E-state index is 0.266. The Hall–Kier alpha value is -1.55. The third-order valence-electron chi connectivity index (χ3n) is 1.58. The second-order valence-corrected chi connectivity index (χ2v) is 3.01. The third kappa shape index (κ3) is 2.23. The van der Waals surface area contributed by atoms with Crippen molar-refractivity contribution >= 4 is 11.6 Å². The largest absolute Gasteiger partial charge is 0.484 e. The average Bonchev–Trinajstić information content (AvgIpc) is 2.70. The number of hydrogen-bond donors (Lipinski definition) is 0. The first-order chi connectivity index (χ1) is 6.84. The highest BCUT2D eigenvalue weighted by atomic mass is 35.5. The molecule has 0 radical (unpaired) electrons. The van der Waals surface area contributed by atoms with Crippen molar-refractivity contribution in [2.45, 2.75) is 6.61 Å². The molecule has 2 aromatic rings. The smallest absolute Gasteiger partial charge is 0.253 e. The molecule has 1 aromatic carbocycles. The van der Waals surface area contributed by atoms with Crippen LogP contribution >= 0.6 is 11.6 Å². The number of aromatic nitrogens is 2. The number of rotatable bonds is 3. The van der Waals surface area contributed by atoms with Crippen LogP contribution in [-0.2, 0) is 6.61 Å². The maximum Gasteiger partial charge on any atom is 0.253 e. The molecule has 4 nitrogen and oxygen atoms in total. The summed E-state index contributed by atoms with van der Waals surface area (Å²) in [6.07, 6.45) is 1.26. The highest BCUT2D eigenvalue weighted by molar-refractivity contribution is 6.30. The van der Waals surface area contributed by atoms with Crippen LogP contribution in [0.15, 0.2) is 35.1 Å². The van der Waals surface area contributed by atoms with E-state index in [0.29, 0.717) is 16.7 Å². The number of hydrogen-bond acceptors (Lipinski definition) is 4. The average molecular weight is 211 g/mol. The molecule has 0 saturated heterocycles. The maximum absolute atomic E-state index is 5.71. The lowest BCUT2D eigenvalue weighted by Crippen LogP contribution is -1.95. The van der Waals surface area contributed by atoms with E-state index in [1.54, 1.807) is 24.3 Å². The van der Waals surface area contributed by atoms with Gasteiger partial charge in [-0.2, -0.15) is 0 Å². The molecule has 5 heteroatoms. The summed E-state index contributed by atoms with van der Waals surface area (Å²) in [7, 11) is 0. The first-order valence-corrected chi connectivity index (χ1v) is 4.36. The van der Waals surface area contributed by atoms with Gasteiger partial charge in [-0.05, 0) is 24.3 Å². The van der Waals surface area contributed by atoms with E-state index in [1.807, 2.05) is 0 Å². The fraction of sp³-hybridized carbons (Fsp3) is 0.111. The Morgan fingerprint density at radius 1 is 1.29 bits per heavy atom. The van der Waals surface area contributed by atoms with Gasteiger partial charge >= 0.3 is 0 Å². The molecule has 0 N–H and O–H groups in total. The molecule has 0 atom stereocenters. The van der Waals surface area contributed by atoms with Crippen LogP contribution in [0.25, 0.3) is 0 Å². The van der Waals surface area contributed by atoms with E-state index >= 15 is 0 Å². The molecule has 0 unspecified atom stereocenters. The van der Waals surface area contributed by atoms with E-state index in [9.17, 15) is 0 Å². The normalized spacial score (nSPS) is 10.1. The zero-order valence-electron chi connectivity index (χ0n) is 7.18. The Bertz CT molecular complexity index is 386. The van der Waals surface area contributed by atoms with Crippen LogP contribution in [0.5, 0.6) is 5.75 Å². The molecule has 72 valence electrons. The fourth-order valence-electron chi connectivity index (χ4n) is 0.935. The summed E-state index contributed by atoms with van der Waals surface area (Å²) in [6.45, 7) is 0.266. The lowest BCUT2D eigenvalue weighted by Gasteiger charge is -2.01. The van der Waals surface area contributed by atoms with Crippen molar-refractivity contribution in [3.8, 4) is 5.75 Å². The lowest BCUT2D eigenvalue weighted by molar-refractivity contribution is 0.263. The summed E-state index contributed by atoms with van der Waals surface area (Å²) < 4.78 is 10.3. The molecular formula is C9H7ClN2O2. The molecule has 0 aliphatic carbocycles. The summed E-state index contributed by atoms with van der Waals surface area (Å²) >= 11 is 5.71. The van der Waals surface area contributed by atoms with Gasteiger partial charge in [0.15, 0.2) is 6.61 Å². The Kier molecular flexibility index (Phi) is 2.65. The summed E-state index contributed by atoms with van der Waals surface area (Å²) in [5.41, 5.74) is 0. The molecule has 0 aliphatic heterocycles. The summed E-state index contributed by atoms with van der Waals surface area (Å²) in [4.78, 5) is 0. The van der Waals surface area contributed by atoms with Crippen LogP contribution in [0, 0.1) is 0 Å². The standard InChI is InChI=1S/C9H7ClN2O2/c10-7-1-3-8(4-2-7)13-5-9-12-11-6-14-9/h1-4,6H,5H2. The van der Waals surface area contributed by atoms with Crippen LogP contribution in [0.1, 0.15) is 5.89 Å². The van der Waals surface area contributed by atoms with Gasteiger partial charge in [-0.15, -0.1) is 10.2 Å². The molecule has 0 bridgehead atoms. The van der Waals surface area contributed by atoms with Crippen LogP contribution in [0.3, 0.4) is 0 Å². The topological polar surface area (TPSA) is 48.2 Å². The number of nitrogens with zero attached hydrogens (tertiary/aromatic N) is 2. The van der Waals surface area contributed by atoms with Gasteiger partial charge in [0.25, 0.3) is 5.89 Å². The maximum atomic E-state index is 5.71. The van der Waals surface area contributed by atoms with Crippen LogP contribution in [-0.4, -0.2) is 10.2 Å². The molecule has 14 heavy (non-hydrogen) atoms. The van der Waals surface area contributed by atoms with Crippen molar-refractivity contribution in [1.82, 2.24) is 10.2 Å². The number of ether oxygens (including phenoxy) is 1. The van der Waals surface area contributed by atoms with E-state index in [2.05, 4.69) is 10.2 Å². The van der Waals surface area contributed by atoms with Crippen molar-refractivity contribution in [1.29, 1.82) is 0 Å². The van der Waals surface area contributed by atoms with E-state index in [4.69, 9.17) is 20.8 Å². The lowest BCUT2D eigenvalue weighted by atomic mass is 10.3. The summed E-state index contributed by atoms with van der Waals surface area (Å²) in [5.74, 6) is 1.16. The van der Waals surface area contributed by atoms with E-state index in [0.717, 1.165) is 0 Å². The summed E-state index contributed by atoms with van der Waals surface area (Å²) in [5, 5.41) is 7.89. The fourth-order valence-corrected chi connectivity index (χ4v) is 1.06. The molecule has 0 saturated carbocycles. The second-order valence-electron chi connectivity index (χ2n) is 2.58. The number of halogens is 1. The quantitative estimate of drug-likeness (QED) is 0.780. The predicted octanol–water partition coefficient (Wildman–Crippen LogP) is 2.30. The van der Waals surface area contributed by atoms with Crippen molar-refractivity contribution in [3.63, 3.8) is 0 Å². The van der Waals surface area contributed by atoms with Gasteiger partial charge in [0.05, 0.1) is 0 Å². The van der Waals surface area contributed by atoms with Crippen LogP contribution < -0.4 is 4.74 Å². The highest BCUT2D eigenvalue weighted by Crippen LogP contribution is 2.16. The molecule has 1 heterocycles. The van der Waals surface area contributed by atoms with E-state index in [-0.39, 0.29) is 6.61 Å². The number of benzene rings is 1. The minimum atomic E-state index is 0.266. The Balaban J connectivity index is 1.95. The van der Waals surface area contributed by atoms with Crippen molar-refractivity contribution in [2.75, 3.05) is 0 Å². The minimum Gasteiger partial charge on any atom is -0.484 e. The van der Waals surface area contributed by atoms with Crippen LogP contribution in [0.4, 0.5) is 0 Å². The third-order valence-corrected chi connectivity index (χ3v) is 1.83. The zero-order chi connectivity index (χ0) is 9.80. The molecule has 0 spiro atoms. The van der Waals surface area contributed by atoms with Gasteiger partial charge in [0.1, 0.15) is 5.75 Å². The van der Waals surface area contributed by atoms with Gasteiger partial charge < -0.3 is 9.15 Å². The van der Waals surface area contributed by atoms with Crippen LogP contribution in [0.2, 0.25) is 5.02 Å². The van der Waals surface area contributed by atoms with Crippen molar-refractivity contribution in [2.24, 2.45) is 0 Å². The van der Waals surface area contributed by atoms with Gasteiger partial charge in [-0.25, -0.2) is 0 Å². The zero-order valence-corrected chi connectivity index (χ0v) is 7.94. The molecule has 2 rings (SSSR count). The first-order valence-electron chi connectivity index (χ1n) is 3.98. The Morgan fingerprint density at radius 3 is 2.71 bits per heavy atom. The summed E-state index contributed by atoms with van der Waals surface area (Å²) in [6, 6.07) is 7.06. The van der Waals surface area contributed by atoms with Gasteiger partial charge in [0.2, 0.25) is 6.39 Å². The predicted molar refractivity (Wildman–Crippen MR) is 50.1 cm³/mol. The SMILES string of the molecule is Clc1ccc(OCc2nnco2)cc1. The van der Waals surface area contributed by atoms with Crippen molar-refractivity contribution < 1.29 is 9.15 Å². The second kappa shape index (κ2) is 4.11. The Morgan fingerprint density at radius 2 is 2.07 bits per heavy atom. The van der Waals surface area contributed by atoms with Gasteiger partial charge in [-0.3, -0.25) is 0 Å². The molecule has 0 aliphatic rings. The highest BCUT2D eigenvalue weighted by Gasteiger charge is 1.99. The van der Waals surface area contributed by atoms with Crippen molar-refractivity contribution in [3.05, 3.63) is 41.6 Å².